The van der Waals surface area contributed by atoms with E-state index in [1.54, 1.807) is 0 Å². The van der Waals surface area contributed by atoms with E-state index in [0.717, 1.165) is 42.0 Å². The summed E-state index contributed by atoms with van der Waals surface area (Å²) in [5.74, 6) is -4.64. The molecule has 3 atom stereocenters. The van der Waals surface area contributed by atoms with E-state index in [0.29, 0.717) is 6.42 Å². The molecule has 1 aliphatic rings. The zero-order valence-corrected chi connectivity index (χ0v) is 35.1. The Morgan fingerprint density at radius 2 is 1.17 bits per heavy atom. The smallest absolute Gasteiger partial charge is 0.407 e. The van der Waals surface area contributed by atoms with Crippen LogP contribution in [0, 0.1) is 0 Å². The molecule has 0 saturated heterocycles. The molecule has 3 aromatic rings. The number of rotatable bonds is 24. The predicted octanol–water partition coefficient (Wildman–Crippen LogP) is 3.25. The topological polar surface area (TPSA) is 266 Å². The maximum absolute atomic E-state index is 13.9. The number of hydrogen-bond donors (Lipinski definition) is 7. The number of ether oxygens (including phenoxy) is 4. The summed E-state index contributed by atoms with van der Waals surface area (Å²) in [5, 5.41) is 24.9. The molecule has 3 aromatic carbocycles. The molecule has 63 heavy (non-hydrogen) atoms. The van der Waals surface area contributed by atoms with Gasteiger partial charge in [0.15, 0.2) is 0 Å². The number of nitrogens with one attached hydrogen (secondary N) is 6. The third kappa shape index (κ3) is 16.0. The standard InChI is InChI=1S/C44H54N6O13/c1-60-38(52)22-21-35(40(54)49-36(41(55)56)19-10-11-23-46-43(58)62-26-28-13-4-3-5-14-28)48-39(53)34(20-12-24-45-37(51)25-47-42(57)61-2)50-44(59)63-27-33-31-17-8-6-15-29(31)30-16-7-9-18-32(30)33/h3-9,13-18,33-36H,10-12,19-27H2,1-2H3,(H,45,51)(H,46,58)(H,47,57)(H,48,53)(H,49,54)(H,50,59)(H,55,56)/t34-,35-,36-/m0/s1. The normalized spacial score (nSPS) is 12.7. The predicted molar refractivity (Wildman–Crippen MR) is 226 cm³/mol. The van der Waals surface area contributed by atoms with Crippen molar-refractivity contribution in [3.8, 4) is 11.1 Å². The summed E-state index contributed by atoms with van der Waals surface area (Å²) in [5.41, 5.74) is 4.77. The fourth-order valence-corrected chi connectivity index (χ4v) is 6.75. The quantitative estimate of drug-likeness (QED) is 0.0388. The molecule has 0 heterocycles. The van der Waals surface area contributed by atoms with Crippen LogP contribution < -0.4 is 31.9 Å². The van der Waals surface area contributed by atoms with E-state index in [-0.39, 0.29) is 77.3 Å². The number of alkyl carbamates (subject to hydrolysis) is 3. The second kappa shape index (κ2) is 25.6. The van der Waals surface area contributed by atoms with E-state index in [1.165, 1.54) is 0 Å². The minimum atomic E-state index is -1.45. The molecule has 0 unspecified atom stereocenters. The van der Waals surface area contributed by atoms with Crippen molar-refractivity contribution >= 4 is 47.9 Å². The summed E-state index contributed by atoms with van der Waals surface area (Å²) in [4.78, 5) is 101. The van der Waals surface area contributed by atoms with Gasteiger partial charge in [0.05, 0.1) is 20.8 Å². The van der Waals surface area contributed by atoms with E-state index in [2.05, 4.69) is 36.6 Å². The molecule has 0 fully saturated rings. The summed E-state index contributed by atoms with van der Waals surface area (Å²) in [6, 6.07) is 20.4. The van der Waals surface area contributed by atoms with Crippen LogP contribution in [-0.4, -0.2) is 112 Å². The van der Waals surface area contributed by atoms with Crippen LogP contribution in [0.5, 0.6) is 0 Å². The van der Waals surface area contributed by atoms with Gasteiger partial charge >= 0.3 is 30.2 Å². The van der Waals surface area contributed by atoms with Gasteiger partial charge in [-0.25, -0.2) is 19.2 Å². The number of carboxylic acids is 1. The first kappa shape index (κ1) is 48.5. The molecule has 7 N–H and O–H groups in total. The van der Waals surface area contributed by atoms with Crippen molar-refractivity contribution < 1.29 is 62.4 Å². The van der Waals surface area contributed by atoms with Crippen LogP contribution in [0.1, 0.15) is 67.6 Å². The summed E-state index contributed by atoms with van der Waals surface area (Å²) >= 11 is 0. The highest BCUT2D eigenvalue weighted by atomic mass is 16.6. The molecule has 4 rings (SSSR count). The Bertz CT molecular complexity index is 2000. The number of amides is 6. The molecule has 0 radical (unpaired) electrons. The summed E-state index contributed by atoms with van der Waals surface area (Å²) in [7, 11) is 2.29. The van der Waals surface area contributed by atoms with E-state index < -0.39 is 66.1 Å². The number of carbonyl (C=O) groups is 8. The molecule has 1 aliphatic carbocycles. The number of benzene rings is 3. The van der Waals surface area contributed by atoms with Gasteiger partial charge in [-0.15, -0.1) is 0 Å². The molecular weight excluding hydrogens is 821 g/mol. The molecule has 6 amide bonds. The van der Waals surface area contributed by atoms with E-state index in [4.69, 9.17) is 14.2 Å². The lowest BCUT2D eigenvalue weighted by Gasteiger charge is -2.24. The first-order valence-electron chi connectivity index (χ1n) is 20.4. The Labute approximate surface area is 364 Å². The highest BCUT2D eigenvalue weighted by Gasteiger charge is 2.32. The van der Waals surface area contributed by atoms with Gasteiger partial charge in [-0.3, -0.25) is 19.2 Å². The van der Waals surface area contributed by atoms with Crippen LogP contribution in [0.3, 0.4) is 0 Å². The number of fused-ring (bicyclic) bond motifs is 3. The third-order valence-corrected chi connectivity index (χ3v) is 10.0. The van der Waals surface area contributed by atoms with Crippen LogP contribution in [0.2, 0.25) is 0 Å². The lowest BCUT2D eigenvalue weighted by Crippen LogP contribution is -2.56. The third-order valence-electron chi connectivity index (χ3n) is 10.0. The van der Waals surface area contributed by atoms with Crippen molar-refractivity contribution in [2.24, 2.45) is 0 Å². The maximum Gasteiger partial charge on any atom is 0.407 e. The Hall–Kier alpha value is -7.18. The zero-order valence-electron chi connectivity index (χ0n) is 35.1. The van der Waals surface area contributed by atoms with Crippen molar-refractivity contribution in [1.82, 2.24) is 31.9 Å². The van der Waals surface area contributed by atoms with Gasteiger partial charge in [0.25, 0.3) is 0 Å². The van der Waals surface area contributed by atoms with Crippen molar-refractivity contribution in [2.45, 2.75) is 75.6 Å². The van der Waals surface area contributed by atoms with Crippen LogP contribution in [0.4, 0.5) is 14.4 Å². The molecule has 0 saturated carbocycles. The molecule has 0 spiro atoms. The Morgan fingerprint density at radius 1 is 0.587 bits per heavy atom. The first-order chi connectivity index (χ1) is 30.4. The number of carboxylic acid groups (broad SMARTS) is 1. The van der Waals surface area contributed by atoms with Gasteiger partial charge in [0, 0.05) is 25.4 Å². The largest absolute Gasteiger partial charge is 0.480 e. The average Bonchev–Trinajstić information content (AvgIpc) is 3.61. The van der Waals surface area contributed by atoms with Gasteiger partial charge in [-0.05, 0) is 66.3 Å². The Morgan fingerprint density at radius 3 is 1.81 bits per heavy atom. The minimum Gasteiger partial charge on any atom is -0.480 e. The van der Waals surface area contributed by atoms with Gasteiger partial charge in [0.1, 0.15) is 31.3 Å². The SMILES string of the molecule is COC(=O)CC[C@H](NC(=O)[C@H](CCCNC(=O)CNC(=O)OC)NC(=O)OCC1c2ccccc2-c2ccccc21)C(=O)N[C@@H](CCCCNC(=O)OCc1ccccc1)C(=O)O. The molecule has 0 aliphatic heterocycles. The molecule has 19 heteroatoms. The van der Waals surface area contributed by atoms with Crippen LogP contribution in [0.15, 0.2) is 78.9 Å². The summed E-state index contributed by atoms with van der Waals surface area (Å²) in [6.07, 6.45) is -2.35. The van der Waals surface area contributed by atoms with Crippen molar-refractivity contribution in [2.75, 3.05) is 40.5 Å². The second-order valence-corrected chi connectivity index (χ2v) is 14.4. The average molecular weight is 875 g/mol. The number of hydrogen-bond acceptors (Lipinski definition) is 12. The highest BCUT2D eigenvalue weighted by molar-refractivity contribution is 5.93. The van der Waals surface area contributed by atoms with Crippen LogP contribution in [-0.2, 0) is 49.5 Å². The van der Waals surface area contributed by atoms with E-state index in [1.807, 2.05) is 78.9 Å². The number of methoxy groups -OCH3 is 2. The fraction of sp³-hybridized carbons (Fsp3) is 0.409. The monoisotopic (exact) mass is 874 g/mol. The molecular formula is C44H54N6O13. The molecule has 0 aromatic heterocycles. The van der Waals surface area contributed by atoms with Crippen molar-refractivity contribution in [1.29, 1.82) is 0 Å². The fourth-order valence-electron chi connectivity index (χ4n) is 6.75. The first-order valence-corrected chi connectivity index (χ1v) is 20.4. The number of aliphatic carboxylic acids is 1. The molecule has 0 bridgehead atoms. The van der Waals surface area contributed by atoms with Crippen molar-refractivity contribution in [3.63, 3.8) is 0 Å². The van der Waals surface area contributed by atoms with Crippen LogP contribution >= 0.6 is 0 Å². The minimum absolute atomic E-state index is 0.0226. The van der Waals surface area contributed by atoms with Gasteiger partial charge in [-0.2, -0.15) is 0 Å². The second-order valence-electron chi connectivity index (χ2n) is 14.4. The lowest BCUT2D eigenvalue weighted by molar-refractivity contribution is -0.143. The van der Waals surface area contributed by atoms with Gasteiger partial charge in [-0.1, -0.05) is 78.9 Å². The van der Waals surface area contributed by atoms with Gasteiger partial charge in [0.2, 0.25) is 17.7 Å². The number of esters is 1. The zero-order chi connectivity index (χ0) is 45.6. The molecule has 19 nitrogen and oxygen atoms in total. The maximum atomic E-state index is 13.9. The molecule has 338 valence electrons. The van der Waals surface area contributed by atoms with Crippen molar-refractivity contribution in [3.05, 3.63) is 95.6 Å². The summed E-state index contributed by atoms with van der Waals surface area (Å²) < 4.78 is 20.0. The Kier molecular flexibility index (Phi) is 19.7. The van der Waals surface area contributed by atoms with Crippen LogP contribution in [0.25, 0.3) is 11.1 Å². The lowest BCUT2D eigenvalue weighted by atomic mass is 9.98. The Balaban J connectivity index is 1.38. The van der Waals surface area contributed by atoms with E-state index >= 15 is 0 Å². The summed E-state index contributed by atoms with van der Waals surface area (Å²) in [6.45, 7) is -0.154. The van der Waals surface area contributed by atoms with E-state index in [9.17, 15) is 43.5 Å². The number of unbranched alkanes of at least 4 members (excludes halogenated alkanes) is 1. The highest BCUT2D eigenvalue weighted by Crippen LogP contribution is 2.44. The van der Waals surface area contributed by atoms with Gasteiger partial charge < -0.3 is 56.0 Å². The number of carbonyl (C=O) groups excluding carboxylic acids is 7.